The molecular weight excluding hydrogens is 289 g/mol. The molecule has 21 heavy (non-hydrogen) atoms. The lowest BCUT2D eigenvalue weighted by atomic mass is 10.0. The van der Waals surface area contributed by atoms with Crippen LogP contribution in [-0.2, 0) is 6.54 Å². The third-order valence-electron chi connectivity index (χ3n) is 3.81. The van der Waals surface area contributed by atoms with E-state index in [1.807, 2.05) is 24.5 Å². The van der Waals surface area contributed by atoms with Crippen LogP contribution in [0.1, 0.15) is 17.2 Å². The number of hydrogen-bond acceptors (Lipinski definition) is 3. The van der Waals surface area contributed by atoms with Gasteiger partial charge in [0, 0.05) is 44.6 Å². The maximum atomic E-state index is 13.3. The molecule has 2 heterocycles. The van der Waals surface area contributed by atoms with E-state index in [9.17, 15) is 4.39 Å². The average molecular weight is 306 g/mol. The summed E-state index contributed by atoms with van der Waals surface area (Å²) in [5, 5.41) is 3.60. The van der Waals surface area contributed by atoms with Gasteiger partial charge in [-0.1, -0.05) is 17.7 Å². The van der Waals surface area contributed by atoms with Crippen LogP contribution in [0.5, 0.6) is 0 Å². The molecule has 2 aromatic rings. The molecule has 1 N–H and O–H groups in total. The lowest BCUT2D eigenvalue weighted by molar-refractivity contribution is 0.153. The molecule has 0 bridgehead atoms. The molecule has 0 saturated carbocycles. The van der Waals surface area contributed by atoms with E-state index < -0.39 is 0 Å². The van der Waals surface area contributed by atoms with Crippen molar-refractivity contribution in [1.82, 2.24) is 15.2 Å². The normalized spacial score (nSPS) is 19.6. The highest BCUT2D eigenvalue weighted by Crippen LogP contribution is 2.25. The predicted molar refractivity (Wildman–Crippen MR) is 81.7 cm³/mol. The first-order valence-electron chi connectivity index (χ1n) is 7.02. The third-order valence-corrected chi connectivity index (χ3v) is 4.10. The molecule has 1 fully saturated rings. The number of piperazine rings is 1. The molecule has 3 nitrogen and oxygen atoms in total. The molecule has 1 aliphatic rings. The minimum absolute atomic E-state index is 0.183. The molecule has 5 heteroatoms. The number of nitrogens with one attached hydrogen (secondary N) is 1. The van der Waals surface area contributed by atoms with Crippen LogP contribution in [0, 0.1) is 5.82 Å². The predicted octanol–water partition coefficient (Wildman–Crippen LogP) is 3.02. The van der Waals surface area contributed by atoms with Gasteiger partial charge >= 0.3 is 0 Å². The van der Waals surface area contributed by atoms with Gasteiger partial charge in [-0.3, -0.25) is 9.88 Å². The zero-order valence-electron chi connectivity index (χ0n) is 11.6. The monoisotopic (exact) mass is 305 g/mol. The van der Waals surface area contributed by atoms with E-state index >= 15 is 0 Å². The Morgan fingerprint density at radius 2 is 2.10 bits per heavy atom. The second-order valence-electron chi connectivity index (χ2n) is 5.22. The van der Waals surface area contributed by atoms with Crippen LogP contribution in [0.15, 0.2) is 42.7 Å². The number of nitrogens with zero attached hydrogens (tertiary/aromatic N) is 2. The van der Waals surface area contributed by atoms with Gasteiger partial charge in [-0.25, -0.2) is 4.39 Å². The number of aromatic nitrogens is 1. The molecule has 1 aromatic heterocycles. The summed E-state index contributed by atoms with van der Waals surface area (Å²) in [6.45, 7) is 3.56. The van der Waals surface area contributed by atoms with Crippen molar-refractivity contribution < 1.29 is 4.39 Å². The van der Waals surface area contributed by atoms with Crippen molar-refractivity contribution in [3.05, 3.63) is 64.7 Å². The fraction of sp³-hybridized carbons (Fsp3) is 0.312. The maximum Gasteiger partial charge on any atom is 0.141 e. The zero-order chi connectivity index (χ0) is 14.7. The SMILES string of the molecule is Fc1ccc(CN2CCNCC2c2ccncc2)cc1Cl. The summed E-state index contributed by atoms with van der Waals surface area (Å²) in [4.78, 5) is 6.46. The van der Waals surface area contributed by atoms with Crippen LogP contribution in [0.3, 0.4) is 0 Å². The van der Waals surface area contributed by atoms with Crippen molar-refractivity contribution >= 4 is 11.6 Å². The standard InChI is InChI=1S/C16H17ClFN3/c17-14-9-12(1-2-15(14)18)11-21-8-7-20-10-16(21)13-3-5-19-6-4-13/h1-6,9,16,20H,7-8,10-11H2. The van der Waals surface area contributed by atoms with Gasteiger partial charge in [0.05, 0.1) is 5.02 Å². The molecule has 1 aromatic carbocycles. The van der Waals surface area contributed by atoms with Crippen molar-refractivity contribution in [3.8, 4) is 0 Å². The number of benzene rings is 1. The first-order chi connectivity index (χ1) is 10.2. The van der Waals surface area contributed by atoms with Crippen molar-refractivity contribution in [2.45, 2.75) is 12.6 Å². The summed E-state index contributed by atoms with van der Waals surface area (Å²) in [5.74, 6) is -0.369. The fourth-order valence-corrected chi connectivity index (χ4v) is 2.93. The Bertz CT molecular complexity index is 606. The van der Waals surface area contributed by atoms with E-state index in [-0.39, 0.29) is 10.8 Å². The Balaban J connectivity index is 1.79. The van der Waals surface area contributed by atoms with Crippen LogP contribution < -0.4 is 5.32 Å². The molecule has 0 radical (unpaired) electrons. The molecule has 1 atom stereocenters. The third kappa shape index (κ3) is 3.40. The molecule has 0 spiro atoms. The van der Waals surface area contributed by atoms with E-state index in [1.54, 1.807) is 12.1 Å². The quantitative estimate of drug-likeness (QED) is 0.945. The van der Waals surface area contributed by atoms with Gasteiger partial charge < -0.3 is 5.32 Å². The zero-order valence-corrected chi connectivity index (χ0v) is 12.4. The Labute approximate surface area is 128 Å². The highest BCUT2D eigenvalue weighted by atomic mass is 35.5. The molecule has 0 amide bonds. The molecule has 1 aliphatic heterocycles. The Kier molecular flexibility index (Phi) is 4.48. The number of pyridine rings is 1. The summed E-state index contributed by atoms with van der Waals surface area (Å²) in [6.07, 6.45) is 3.63. The van der Waals surface area contributed by atoms with Crippen LogP contribution >= 0.6 is 11.6 Å². The van der Waals surface area contributed by atoms with Crippen LogP contribution in [0.4, 0.5) is 4.39 Å². The van der Waals surface area contributed by atoms with Gasteiger partial charge in [-0.15, -0.1) is 0 Å². The van der Waals surface area contributed by atoms with E-state index in [2.05, 4.69) is 15.2 Å². The highest BCUT2D eigenvalue weighted by Gasteiger charge is 2.23. The number of halogens is 2. The lowest BCUT2D eigenvalue weighted by Crippen LogP contribution is -2.45. The van der Waals surface area contributed by atoms with E-state index in [1.165, 1.54) is 11.6 Å². The summed E-state index contributed by atoms with van der Waals surface area (Å²) < 4.78 is 13.3. The van der Waals surface area contributed by atoms with Gasteiger partial charge in [0.25, 0.3) is 0 Å². The van der Waals surface area contributed by atoms with Crippen LogP contribution in [0.2, 0.25) is 5.02 Å². The van der Waals surface area contributed by atoms with Crippen LogP contribution in [0.25, 0.3) is 0 Å². The van der Waals surface area contributed by atoms with Crippen molar-refractivity contribution in [2.24, 2.45) is 0 Å². The Morgan fingerprint density at radius 3 is 2.86 bits per heavy atom. The van der Waals surface area contributed by atoms with Crippen molar-refractivity contribution in [2.75, 3.05) is 19.6 Å². The van der Waals surface area contributed by atoms with Gasteiger partial charge in [0.15, 0.2) is 0 Å². The van der Waals surface area contributed by atoms with Gasteiger partial charge in [0.2, 0.25) is 0 Å². The summed E-state index contributed by atoms with van der Waals surface area (Å²) >= 11 is 5.87. The van der Waals surface area contributed by atoms with Gasteiger partial charge in [0.1, 0.15) is 5.82 Å². The molecular formula is C16H17ClFN3. The van der Waals surface area contributed by atoms with Gasteiger partial charge in [-0.05, 0) is 35.4 Å². The van der Waals surface area contributed by atoms with Crippen LogP contribution in [-0.4, -0.2) is 29.5 Å². The average Bonchev–Trinajstić information content (AvgIpc) is 2.52. The topological polar surface area (TPSA) is 28.2 Å². The summed E-state index contributed by atoms with van der Waals surface area (Å²) in [5.41, 5.74) is 2.27. The molecule has 110 valence electrons. The van der Waals surface area contributed by atoms with E-state index in [4.69, 9.17) is 11.6 Å². The van der Waals surface area contributed by atoms with E-state index in [0.717, 1.165) is 31.7 Å². The smallest absolute Gasteiger partial charge is 0.141 e. The lowest BCUT2D eigenvalue weighted by Gasteiger charge is -2.36. The summed E-state index contributed by atoms with van der Waals surface area (Å²) in [6, 6.07) is 9.33. The second-order valence-corrected chi connectivity index (χ2v) is 5.63. The minimum atomic E-state index is -0.369. The van der Waals surface area contributed by atoms with Crippen molar-refractivity contribution in [1.29, 1.82) is 0 Å². The Morgan fingerprint density at radius 1 is 1.29 bits per heavy atom. The number of rotatable bonds is 3. The van der Waals surface area contributed by atoms with Gasteiger partial charge in [-0.2, -0.15) is 0 Å². The summed E-state index contributed by atoms with van der Waals surface area (Å²) in [7, 11) is 0. The first-order valence-corrected chi connectivity index (χ1v) is 7.40. The van der Waals surface area contributed by atoms with Crippen molar-refractivity contribution in [3.63, 3.8) is 0 Å². The Hall–Kier alpha value is -1.49. The number of hydrogen-bond donors (Lipinski definition) is 1. The first kappa shape index (κ1) is 14.4. The highest BCUT2D eigenvalue weighted by molar-refractivity contribution is 6.30. The fourth-order valence-electron chi connectivity index (χ4n) is 2.72. The second kappa shape index (κ2) is 6.52. The molecule has 1 unspecified atom stereocenters. The minimum Gasteiger partial charge on any atom is -0.314 e. The molecule has 3 rings (SSSR count). The molecule has 0 aliphatic carbocycles. The largest absolute Gasteiger partial charge is 0.314 e. The van der Waals surface area contributed by atoms with E-state index in [0.29, 0.717) is 6.04 Å². The molecule has 1 saturated heterocycles. The maximum absolute atomic E-state index is 13.3.